The molecule has 0 spiro atoms. The molecule has 1 aromatic heterocycles. The Kier molecular flexibility index (Phi) is 9.36. The second-order valence-corrected chi connectivity index (χ2v) is 7.80. The molecule has 0 aliphatic carbocycles. The minimum atomic E-state index is -1.12. The third-order valence-electron chi connectivity index (χ3n) is 4.47. The third-order valence-corrected chi connectivity index (χ3v) is 5.12. The van der Waals surface area contributed by atoms with Crippen molar-refractivity contribution < 1.29 is 19.5 Å². The molecule has 3 atom stereocenters. The molecule has 10 heteroatoms. The summed E-state index contributed by atoms with van der Waals surface area (Å²) in [6, 6.07) is 6.44. The summed E-state index contributed by atoms with van der Waals surface area (Å²) in [6.07, 6.45) is 5.59. The number of nitrogens with zero attached hydrogens (tertiary/aromatic N) is 1. The lowest BCUT2D eigenvalue weighted by atomic mass is 10.0. The van der Waals surface area contributed by atoms with E-state index in [-0.39, 0.29) is 12.8 Å². The smallest absolute Gasteiger partial charge is 0.326 e. The molecular weight excluding hydrogens is 406 g/mol. The van der Waals surface area contributed by atoms with E-state index in [9.17, 15) is 19.5 Å². The van der Waals surface area contributed by atoms with Gasteiger partial charge < -0.3 is 26.5 Å². The average molecular weight is 434 g/mol. The van der Waals surface area contributed by atoms with Crippen LogP contribution in [0.4, 0.5) is 0 Å². The molecule has 30 heavy (non-hydrogen) atoms. The Labute approximate surface area is 179 Å². The summed E-state index contributed by atoms with van der Waals surface area (Å²) in [5.74, 6) is -1.62. The standard InChI is InChI=1S/C20H27N5O4S/c1-30-8-7-16(20(28)29)24-19(27)17(10-14-11-22-12-23-14)25-18(26)15(21)9-13-5-3-2-4-6-13/h2-6,11-12,15-17H,7-10,21H2,1H3,(H,22,23)(H,24,27)(H,25,26)(H,28,29)/t15-,16-,17-/m0/s1. The van der Waals surface area contributed by atoms with Crippen LogP contribution in [-0.2, 0) is 27.2 Å². The maximum Gasteiger partial charge on any atom is 0.326 e. The van der Waals surface area contributed by atoms with E-state index in [2.05, 4.69) is 20.6 Å². The molecule has 6 N–H and O–H groups in total. The highest BCUT2D eigenvalue weighted by atomic mass is 32.2. The van der Waals surface area contributed by atoms with E-state index in [1.165, 1.54) is 18.1 Å². The number of carboxylic acid groups (broad SMARTS) is 1. The van der Waals surface area contributed by atoms with Crippen molar-refractivity contribution in [1.29, 1.82) is 0 Å². The number of imidazole rings is 1. The number of hydrogen-bond donors (Lipinski definition) is 5. The summed E-state index contributed by atoms with van der Waals surface area (Å²) in [5.41, 5.74) is 7.55. The lowest BCUT2D eigenvalue weighted by Gasteiger charge is -2.22. The predicted octanol–water partition coefficient (Wildman–Crippen LogP) is 0.330. The molecule has 1 heterocycles. The van der Waals surface area contributed by atoms with Crippen LogP contribution in [0.25, 0.3) is 0 Å². The molecule has 162 valence electrons. The second kappa shape index (κ2) is 12.0. The number of thioether (sulfide) groups is 1. The first-order valence-corrected chi connectivity index (χ1v) is 10.9. The molecular formula is C20H27N5O4S. The molecule has 0 aliphatic heterocycles. The van der Waals surface area contributed by atoms with Crippen LogP contribution in [0.15, 0.2) is 42.9 Å². The van der Waals surface area contributed by atoms with E-state index in [1.807, 2.05) is 36.6 Å². The highest BCUT2D eigenvalue weighted by Gasteiger charge is 2.28. The maximum absolute atomic E-state index is 12.8. The fraction of sp³-hybridized carbons (Fsp3) is 0.400. The summed E-state index contributed by atoms with van der Waals surface area (Å²) in [7, 11) is 0. The van der Waals surface area contributed by atoms with E-state index in [0.717, 1.165) is 5.56 Å². The zero-order valence-electron chi connectivity index (χ0n) is 16.7. The lowest BCUT2D eigenvalue weighted by molar-refractivity contribution is -0.142. The van der Waals surface area contributed by atoms with Crippen LogP contribution in [0.2, 0.25) is 0 Å². The molecule has 0 saturated carbocycles. The van der Waals surface area contributed by atoms with Crippen molar-refractivity contribution in [2.45, 2.75) is 37.4 Å². The van der Waals surface area contributed by atoms with Gasteiger partial charge in [-0.3, -0.25) is 9.59 Å². The molecule has 0 radical (unpaired) electrons. The van der Waals surface area contributed by atoms with Gasteiger partial charge in [0, 0.05) is 18.3 Å². The first-order chi connectivity index (χ1) is 14.4. The molecule has 0 aliphatic rings. The number of nitrogens with two attached hydrogens (primary N) is 1. The summed E-state index contributed by atoms with van der Waals surface area (Å²) < 4.78 is 0. The molecule has 0 fully saturated rings. The molecule has 2 amide bonds. The van der Waals surface area contributed by atoms with Crippen molar-refractivity contribution >= 4 is 29.5 Å². The minimum absolute atomic E-state index is 0.129. The summed E-state index contributed by atoms with van der Waals surface area (Å²) >= 11 is 1.49. The fourth-order valence-corrected chi connectivity index (χ4v) is 3.30. The van der Waals surface area contributed by atoms with Gasteiger partial charge in [0.15, 0.2) is 0 Å². The van der Waals surface area contributed by atoms with Gasteiger partial charge in [-0.05, 0) is 30.4 Å². The molecule has 0 bridgehead atoms. The Balaban J connectivity index is 2.06. The van der Waals surface area contributed by atoms with Gasteiger partial charge >= 0.3 is 5.97 Å². The molecule has 2 rings (SSSR count). The van der Waals surface area contributed by atoms with Crippen LogP contribution >= 0.6 is 11.8 Å². The van der Waals surface area contributed by atoms with Gasteiger partial charge in [0.25, 0.3) is 0 Å². The number of aromatic nitrogens is 2. The zero-order chi connectivity index (χ0) is 21.9. The van der Waals surface area contributed by atoms with Crippen molar-refractivity contribution in [2.24, 2.45) is 5.73 Å². The second-order valence-electron chi connectivity index (χ2n) is 6.82. The Morgan fingerprint density at radius 2 is 1.83 bits per heavy atom. The number of carboxylic acids is 1. The highest BCUT2D eigenvalue weighted by Crippen LogP contribution is 2.06. The summed E-state index contributed by atoms with van der Waals surface area (Å²) in [4.78, 5) is 43.7. The van der Waals surface area contributed by atoms with Crippen molar-refractivity contribution in [1.82, 2.24) is 20.6 Å². The normalized spacial score (nSPS) is 13.8. The Bertz CT molecular complexity index is 816. The largest absolute Gasteiger partial charge is 0.480 e. The molecule has 9 nitrogen and oxygen atoms in total. The predicted molar refractivity (Wildman–Crippen MR) is 115 cm³/mol. The monoisotopic (exact) mass is 433 g/mol. The molecule has 0 unspecified atom stereocenters. The number of amides is 2. The van der Waals surface area contributed by atoms with Crippen LogP contribution in [0.5, 0.6) is 0 Å². The molecule has 1 aromatic carbocycles. The van der Waals surface area contributed by atoms with Gasteiger partial charge in [0.05, 0.1) is 12.4 Å². The van der Waals surface area contributed by atoms with Gasteiger partial charge in [0.1, 0.15) is 12.1 Å². The Morgan fingerprint density at radius 3 is 2.43 bits per heavy atom. The number of benzene rings is 1. The van der Waals surface area contributed by atoms with Crippen LogP contribution in [0.1, 0.15) is 17.7 Å². The Hall–Kier alpha value is -2.85. The van der Waals surface area contributed by atoms with Crippen molar-refractivity contribution in [3.05, 3.63) is 54.1 Å². The summed E-state index contributed by atoms with van der Waals surface area (Å²) in [5, 5.41) is 14.5. The van der Waals surface area contributed by atoms with Gasteiger partial charge in [-0.2, -0.15) is 11.8 Å². The van der Waals surface area contributed by atoms with Crippen LogP contribution in [0, 0.1) is 0 Å². The highest BCUT2D eigenvalue weighted by molar-refractivity contribution is 7.98. The van der Waals surface area contributed by atoms with Crippen LogP contribution < -0.4 is 16.4 Å². The first kappa shape index (κ1) is 23.4. The maximum atomic E-state index is 12.8. The molecule has 2 aromatic rings. The average Bonchev–Trinajstić information content (AvgIpc) is 3.24. The minimum Gasteiger partial charge on any atom is -0.480 e. The number of H-pyrrole nitrogens is 1. The number of aromatic amines is 1. The van der Waals surface area contributed by atoms with E-state index < -0.39 is 35.9 Å². The lowest BCUT2D eigenvalue weighted by Crippen LogP contribution is -2.55. The number of hydrogen-bond acceptors (Lipinski definition) is 6. The zero-order valence-corrected chi connectivity index (χ0v) is 17.5. The van der Waals surface area contributed by atoms with Gasteiger partial charge in [-0.25, -0.2) is 9.78 Å². The van der Waals surface area contributed by atoms with Gasteiger partial charge in [-0.15, -0.1) is 0 Å². The van der Waals surface area contributed by atoms with E-state index >= 15 is 0 Å². The van der Waals surface area contributed by atoms with Crippen molar-refractivity contribution in [2.75, 3.05) is 12.0 Å². The number of rotatable bonds is 12. The fourth-order valence-electron chi connectivity index (χ4n) is 2.83. The quantitative estimate of drug-likeness (QED) is 0.324. The number of nitrogens with one attached hydrogen (secondary N) is 3. The molecule has 0 saturated heterocycles. The van der Waals surface area contributed by atoms with Crippen molar-refractivity contribution in [3.8, 4) is 0 Å². The van der Waals surface area contributed by atoms with Crippen LogP contribution in [-0.4, -0.2) is 63.0 Å². The summed E-state index contributed by atoms with van der Waals surface area (Å²) in [6.45, 7) is 0. The number of carbonyl (C=O) groups is 3. The van der Waals surface area contributed by atoms with Crippen molar-refractivity contribution in [3.63, 3.8) is 0 Å². The third kappa shape index (κ3) is 7.53. The van der Waals surface area contributed by atoms with E-state index in [1.54, 1.807) is 6.20 Å². The van der Waals surface area contributed by atoms with Crippen LogP contribution in [0.3, 0.4) is 0 Å². The Morgan fingerprint density at radius 1 is 1.13 bits per heavy atom. The topological polar surface area (TPSA) is 150 Å². The van der Waals surface area contributed by atoms with E-state index in [4.69, 9.17) is 5.73 Å². The number of carbonyl (C=O) groups excluding carboxylic acids is 2. The number of aliphatic carboxylic acids is 1. The van der Waals surface area contributed by atoms with E-state index in [0.29, 0.717) is 17.9 Å². The van der Waals surface area contributed by atoms with Gasteiger partial charge in [-0.1, -0.05) is 30.3 Å². The SMILES string of the molecule is CSCC[C@H](NC(=O)[C@H](Cc1cnc[nH]1)NC(=O)[C@@H](N)Cc1ccccc1)C(=O)O. The first-order valence-electron chi connectivity index (χ1n) is 9.50. The van der Waals surface area contributed by atoms with Gasteiger partial charge in [0.2, 0.25) is 11.8 Å².